The molecule has 1 atom stereocenters. The zero-order chi connectivity index (χ0) is 15.4. The molecule has 1 rings (SSSR count). The molecule has 0 radical (unpaired) electrons. The summed E-state index contributed by atoms with van der Waals surface area (Å²) in [5.41, 5.74) is 7.71. The molecule has 0 unspecified atom stereocenters. The number of carbonyl (C=O) groups excluding carboxylic acids is 2. The first-order valence-corrected chi connectivity index (χ1v) is 6.88. The average Bonchev–Trinajstić information content (AvgIpc) is 2.37. The number of ether oxygens (including phenoxy) is 1. The monoisotopic (exact) mass is 277 g/mol. The zero-order valence-electron chi connectivity index (χ0n) is 12.8. The molecule has 0 aliphatic carbocycles. The second-order valence-corrected chi connectivity index (χ2v) is 5.61. The summed E-state index contributed by atoms with van der Waals surface area (Å²) in [5, 5.41) is 0. The van der Waals surface area contributed by atoms with Gasteiger partial charge in [0.05, 0.1) is 5.56 Å². The average molecular weight is 277 g/mol. The Morgan fingerprint density at radius 1 is 1.05 bits per heavy atom. The van der Waals surface area contributed by atoms with Crippen molar-refractivity contribution in [1.82, 2.24) is 0 Å². The number of hydrogen-bond donors (Lipinski definition) is 1. The Bertz CT molecular complexity index is 506. The molecule has 1 amide bonds. The van der Waals surface area contributed by atoms with Gasteiger partial charge in [-0.3, -0.25) is 4.79 Å². The predicted octanol–water partition coefficient (Wildman–Crippen LogP) is 2.96. The lowest BCUT2D eigenvalue weighted by Crippen LogP contribution is -2.30. The highest BCUT2D eigenvalue weighted by Gasteiger charge is 2.20. The minimum Gasteiger partial charge on any atom is -0.449 e. The maximum absolute atomic E-state index is 12.1. The largest absolute Gasteiger partial charge is 0.449 e. The van der Waals surface area contributed by atoms with Gasteiger partial charge in [0.15, 0.2) is 6.10 Å². The molecule has 0 heterocycles. The van der Waals surface area contributed by atoms with Crippen molar-refractivity contribution in [3.8, 4) is 0 Å². The fraction of sp³-hybridized carbons (Fsp3) is 0.500. The van der Waals surface area contributed by atoms with Crippen LogP contribution in [0.25, 0.3) is 0 Å². The van der Waals surface area contributed by atoms with E-state index in [9.17, 15) is 9.59 Å². The number of primary amides is 1. The third-order valence-corrected chi connectivity index (χ3v) is 3.27. The Morgan fingerprint density at radius 2 is 1.65 bits per heavy atom. The van der Waals surface area contributed by atoms with Gasteiger partial charge >= 0.3 is 5.97 Å². The van der Waals surface area contributed by atoms with E-state index in [1.54, 1.807) is 6.07 Å². The van der Waals surface area contributed by atoms with E-state index in [-0.39, 0.29) is 5.92 Å². The quantitative estimate of drug-likeness (QED) is 0.841. The number of esters is 1. The third kappa shape index (κ3) is 3.83. The summed E-state index contributed by atoms with van der Waals surface area (Å²) in [5.74, 6) is -0.569. The van der Waals surface area contributed by atoms with Crippen LogP contribution in [0.3, 0.4) is 0 Å². The standard InChI is InChI=1S/C16H23NO3/c1-9(2)12-6-7-13(14(8-12)10(3)4)16(19)20-11(5)15(17)18/h6-11H,1-5H3,(H2,17,18)/t11-/m0/s1. The number of carbonyl (C=O) groups is 2. The van der Waals surface area contributed by atoms with Crippen LogP contribution in [0, 0.1) is 0 Å². The zero-order valence-corrected chi connectivity index (χ0v) is 12.8. The van der Waals surface area contributed by atoms with Crippen molar-refractivity contribution in [2.24, 2.45) is 5.73 Å². The smallest absolute Gasteiger partial charge is 0.339 e. The van der Waals surface area contributed by atoms with Crippen LogP contribution in [0.1, 0.15) is 67.9 Å². The number of rotatable bonds is 5. The number of nitrogens with two attached hydrogens (primary N) is 1. The van der Waals surface area contributed by atoms with Gasteiger partial charge in [0.2, 0.25) is 0 Å². The van der Waals surface area contributed by atoms with E-state index in [2.05, 4.69) is 13.8 Å². The lowest BCUT2D eigenvalue weighted by molar-refractivity contribution is -0.125. The van der Waals surface area contributed by atoms with E-state index >= 15 is 0 Å². The molecule has 1 aromatic rings. The van der Waals surface area contributed by atoms with Crippen LogP contribution in [0.4, 0.5) is 0 Å². The van der Waals surface area contributed by atoms with Crippen molar-refractivity contribution in [2.45, 2.75) is 52.6 Å². The first kappa shape index (κ1) is 16.2. The normalized spacial score (nSPS) is 12.6. The fourth-order valence-electron chi connectivity index (χ4n) is 1.89. The maximum atomic E-state index is 12.1. The molecule has 1 aromatic carbocycles. The van der Waals surface area contributed by atoms with E-state index in [4.69, 9.17) is 10.5 Å². The molecule has 0 aliphatic heterocycles. The van der Waals surface area contributed by atoms with Crippen LogP contribution in [-0.2, 0) is 9.53 Å². The summed E-state index contributed by atoms with van der Waals surface area (Å²) in [4.78, 5) is 23.1. The molecule has 0 spiro atoms. The number of hydrogen-bond acceptors (Lipinski definition) is 3. The van der Waals surface area contributed by atoms with Gasteiger partial charge in [-0.2, -0.15) is 0 Å². The second-order valence-electron chi connectivity index (χ2n) is 5.61. The van der Waals surface area contributed by atoms with Gasteiger partial charge in [0.1, 0.15) is 0 Å². The summed E-state index contributed by atoms with van der Waals surface area (Å²) < 4.78 is 5.08. The molecule has 0 saturated carbocycles. The van der Waals surface area contributed by atoms with Crippen LogP contribution < -0.4 is 5.73 Å². The molecule has 110 valence electrons. The molecule has 20 heavy (non-hydrogen) atoms. The molecule has 4 heteroatoms. The highest BCUT2D eigenvalue weighted by atomic mass is 16.5. The molecular formula is C16H23NO3. The highest BCUT2D eigenvalue weighted by molar-refractivity contribution is 5.93. The molecule has 0 bridgehead atoms. The number of benzene rings is 1. The molecule has 4 nitrogen and oxygen atoms in total. The van der Waals surface area contributed by atoms with Gasteiger partial charge < -0.3 is 10.5 Å². The van der Waals surface area contributed by atoms with Crippen LogP contribution in [0.15, 0.2) is 18.2 Å². The molecule has 2 N–H and O–H groups in total. The van der Waals surface area contributed by atoms with Crippen molar-refractivity contribution in [2.75, 3.05) is 0 Å². The SMILES string of the molecule is CC(C)c1ccc(C(=O)O[C@@H](C)C(N)=O)c(C(C)C)c1. The van der Waals surface area contributed by atoms with Gasteiger partial charge in [0.25, 0.3) is 5.91 Å². The van der Waals surface area contributed by atoms with Crippen molar-refractivity contribution in [3.05, 3.63) is 34.9 Å². The first-order valence-electron chi connectivity index (χ1n) is 6.88. The summed E-state index contributed by atoms with van der Waals surface area (Å²) in [6.07, 6.45) is -0.924. The van der Waals surface area contributed by atoms with Crippen molar-refractivity contribution >= 4 is 11.9 Å². The summed E-state index contributed by atoms with van der Waals surface area (Å²) in [7, 11) is 0. The van der Waals surface area contributed by atoms with E-state index in [0.717, 1.165) is 5.56 Å². The third-order valence-electron chi connectivity index (χ3n) is 3.27. The summed E-state index contributed by atoms with van der Waals surface area (Å²) >= 11 is 0. The molecular weight excluding hydrogens is 254 g/mol. The van der Waals surface area contributed by atoms with Crippen LogP contribution in [-0.4, -0.2) is 18.0 Å². The van der Waals surface area contributed by atoms with Crippen molar-refractivity contribution < 1.29 is 14.3 Å². The lowest BCUT2D eigenvalue weighted by Gasteiger charge is -2.17. The predicted molar refractivity (Wildman–Crippen MR) is 78.7 cm³/mol. The Labute approximate surface area is 120 Å². The van der Waals surface area contributed by atoms with E-state index in [0.29, 0.717) is 11.5 Å². The lowest BCUT2D eigenvalue weighted by atomic mass is 9.91. The van der Waals surface area contributed by atoms with Gasteiger partial charge in [-0.25, -0.2) is 4.79 Å². The van der Waals surface area contributed by atoms with Gasteiger partial charge in [-0.05, 0) is 36.0 Å². The molecule has 0 fully saturated rings. The van der Waals surface area contributed by atoms with E-state index in [1.165, 1.54) is 12.5 Å². The molecule has 0 saturated heterocycles. The number of amides is 1. The summed E-state index contributed by atoms with van der Waals surface area (Å²) in [6, 6.07) is 5.71. The van der Waals surface area contributed by atoms with Gasteiger partial charge in [-0.15, -0.1) is 0 Å². The van der Waals surface area contributed by atoms with Gasteiger partial charge in [-0.1, -0.05) is 39.8 Å². The van der Waals surface area contributed by atoms with E-state index in [1.807, 2.05) is 26.0 Å². The van der Waals surface area contributed by atoms with Crippen molar-refractivity contribution in [3.63, 3.8) is 0 Å². The van der Waals surface area contributed by atoms with Gasteiger partial charge in [0, 0.05) is 0 Å². The second kappa shape index (κ2) is 6.55. The first-order chi connectivity index (χ1) is 9.23. The summed E-state index contributed by atoms with van der Waals surface area (Å²) in [6.45, 7) is 9.72. The fourth-order valence-corrected chi connectivity index (χ4v) is 1.89. The van der Waals surface area contributed by atoms with E-state index < -0.39 is 18.0 Å². The maximum Gasteiger partial charge on any atom is 0.339 e. The Balaban J connectivity index is 3.11. The minimum atomic E-state index is -0.924. The van der Waals surface area contributed by atoms with Crippen LogP contribution in [0.5, 0.6) is 0 Å². The Hall–Kier alpha value is -1.84. The van der Waals surface area contributed by atoms with Crippen LogP contribution >= 0.6 is 0 Å². The highest BCUT2D eigenvalue weighted by Crippen LogP contribution is 2.25. The topological polar surface area (TPSA) is 69.4 Å². The van der Waals surface area contributed by atoms with Crippen molar-refractivity contribution in [1.29, 1.82) is 0 Å². The van der Waals surface area contributed by atoms with Crippen LogP contribution in [0.2, 0.25) is 0 Å². The Morgan fingerprint density at radius 3 is 2.10 bits per heavy atom. The molecule has 0 aliphatic rings. The Kier molecular flexibility index (Phi) is 5.31. The minimum absolute atomic E-state index is 0.195. The molecule has 0 aromatic heterocycles.